The Labute approximate surface area is 126 Å². The summed E-state index contributed by atoms with van der Waals surface area (Å²) >= 11 is 1.34. The van der Waals surface area contributed by atoms with Crippen molar-refractivity contribution in [3.05, 3.63) is 11.1 Å². The Morgan fingerprint density at radius 1 is 1.57 bits per heavy atom. The average molecular weight is 311 g/mol. The van der Waals surface area contributed by atoms with Gasteiger partial charge in [0.25, 0.3) is 0 Å². The zero-order valence-electron chi connectivity index (χ0n) is 11.7. The van der Waals surface area contributed by atoms with E-state index in [2.05, 4.69) is 20.4 Å². The maximum atomic E-state index is 11.9. The van der Waals surface area contributed by atoms with Crippen LogP contribution >= 0.6 is 11.3 Å². The van der Waals surface area contributed by atoms with Crippen molar-refractivity contribution in [1.82, 2.24) is 10.3 Å². The predicted molar refractivity (Wildman–Crippen MR) is 76.8 cm³/mol. The SMILES string of the molecule is COC(=O)CCCc1csc(NC(=O)C2CNC(=O)C2)n1. The number of hydrogen-bond acceptors (Lipinski definition) is 6. The minimum Gasteiger partial charge on any atom is -0.469 e. The van der Waals surface area contributed by atoms with Gasteiger partial charge in [0.05, 0.1) is 18.7 Å². The Morgan fingerprint density at radius 3 is 3.05 bits per heavy atom. The molecule has 1 aromatic rings. The molecule has 8 heteroatoms. The normalized spacial score (nSPS) is 17.4. The highest BCUT2D eigenvalue weighted by molar-refractivity contribution is 7.13. The van der Waals surface area contributed by atoms with Gasteiger partial charge in [-0.2, -0.15) is 0 Å². The summed E-state index contributed by atoms with van der Waals surface area (Å²) in [5.74, 6) is -0.858. The van der Waals surface area contributed by atoms with Crippen molar-refractivity contribution in [2.75, 3.05) is 19.0 Å². The van der Waals surface area contributed by atoms with E-state index in [1.807, 2.05) is 5.38 Å². The number of thiazole rings is 1. The Balaban J connectivity index is 1.78. The van der Waals surface area contributed by atoms with Gasteiger partial charge in [-0.3, -0.25) is 14.4 Å². The Hall–Kier alpha value is -1.96. The number of nitrogens with zero attached hydrogens (tertiary/aromatic N) is 1. The highest BCUT2D eigenvalue weighted by Gasteiger charge is 2.28. The average Bonchev–Trinajstić information content (AvgIpc) is 3.08. The summed E-state index contributed by atoms with van der Waals surface area (Å²) < 4.78 is 4.56. The van der Waals surface area contributed by atoms with Crippen molar-refractivity contribution in [2.45, 2.75) is 25.7 Å². The molecule has 0 bridgehead atoms. The second kappa shape index (κ2) is 7.16. The van der Waals surface area contributed by atoms with Crippen LogP contribution in [0.5, 0.6) is 0 Å². The molecule has 1 unspecified atom stereocenters. The number of aryl methyl sites for hydroxylation is 1. The smallest absolute Gasteiger partial charge is 0.305 e. The van der Waals surface area contributed by atoms with Crippen LogP contribution in [0.2, 0.25) is 0 Å². The summed E-state index contributed by atoms with van der Waals surface area (Å²) in [5.41, 5.74) is 0.833. The van der Waals surface area contributed by atoms with Crippen molar-refractivity contribution >= 4 is 34.3 Å². The number of anilines is 1. The minimum absolute atomic E-state index is 0.0993. The van der Waals surface area contributed by atoms with Crippen LogP contribution in [0.1, 0.15) is 25.0 Å². The van der Waals surface area contributed by atoms with E-state index >= 15 is 0 Å². The number of amides is 2. The molecule has 2 N–H and O–H groups in total. The molecule has 114 valence electrons. The van der Waals surface area contributed by atoms with Crippen LogP contribution in [0.3, 0.4) is 0 Å². The van der Waals surface area contributed by atoms with Gasteiger partial charge >= 0.3 is 5.97 Å². The number of hydrogen-bond donors (Lipinski definition) is 2. The van der Waals surface area contributed by atoms with E-state index in [0.29, 0.717) is 30.9 Å². The van der Waals surface area contributed by atoms with Gasteiger partial charge in [0.1, 0.15) is 0 Å². The lowest BCUT2D eigenvalue weighted by molar-refractivity contribution is -0.140. The summed E-state index contributed by atoms with van der Waals surface area (Å²) in [6, 6.07) is 0. The molecule has 0 spiro atoms. The number of carbonyl (C=O) groups is 3. The van der Waals surface area contributed by atoms with Gasteiger partial charge < -0.3 is 15.4 Å². The van der Waals surface area contributed by atoms with Gasteiger partial charge in [0.2, 0.25) is 11.8 Å². The number of methoxy groups -OCH3 is 1. The van der Waals surface area contributed by atoms with Gasteiger partial charge in [-0.1, -0.05) is 0 Å². The number of aromatic nitrogens is 1. The Kier molecular flexibility index (Phi) is 5.26. The highest BCUT2D eigenvalue weighted by atomic mass is 32.1. The molecule has 1 fully saturated rings. The molecule has 0 radical (unpaired) electrons. The van der Waals surface area contributed by atoms with Crippen LogP contribution in [0, 0.1) is 5.92 Å². The van der Waals surface area contributed by atoms with Crippen molar-refractivity contribution in [3.63, 3.8) is 0 Å². The summed E-state index contributed by atoms with van der Waals surface area (Å²) in [6.45, 7) is 0.377. The summed E-state index contributed by atoms with van der Waals surface area (Å²) in [5, 5.41) is 7.72. The molecule has 1 aliphatic heterocycles. The van der Waals surface area contributed by atoms with Crippen molar-refractivity contribution < 1.29 is 19.1 Å². The van der Waals surface area contributed by atoms with Crippen LogP contribution in [-0.4, -0.2) is 36.4 Å². The number of ether oxygens (including phenoxy) is 1. The molecule has 2 amide bonds. The topological polar surface area (TPSA) is 97.4 Å². The van der Waals surface area contributed by atoms with Gasteiger partial charge in [-0.25, -0.2) is 4.98 Å². The molecule has 0 aromatic carbocycles. The highest BCUT2D eigenvalue weighted by Crippen LogP contribution is 2.19. The van der Waals surface area contributed by atoms with Crippen molar-refractivity contribution in [1.29, 1.82) is 0 Å². The van der Waals surface area contributed by atoms with Crippen molar-refractivity contribution in [3.8, 4) is 0 Å². The number of carbonyl (C=O) groups excluding carboxylic acids is 3. The lowest BCUT2D eigenvalue weighted by Gasteiger charge is -2.05. The molecule has 2 heterocycles. The number of nitrogens with one attached hydrogen (secondary N) is 2. The summed E-state index contributed by atoms with van der Waals surface area (Å²) in [6.07, 6.45) is 1.89. The molecule has 7 nitrogen and oxygen atoms in total. The standard InChI is InChI=1S/C13H17N3O4S/c1-20-11(18)4-2-3-9-7-21-13(15-9)16-12(19)8-5-10(17)14-6-8/h7-8H,2-6H2,1H3,(H,14,17)(H,15,16,19). The largest absolute Gasteiger partial charge is 0.469 e. The van der Waals surface area contributed by atoms with E-state index in [1.165, 1.54) is 18.4 Å². The van der Waals surface area contributed by atoms with Crippen LogP contribution in [0.4, 0.5) is 5.13 Å². The second-order valence-corrected chi connectivity index (χ2v) is 5.63. The first kappa shape index (κ1) is 15.4. The lowest BCUT2D eigenvalue weighted by Crippen LogP contribution is -2.24. The zero-order valence-corrected chi connectivity index (χ0v) is 12.5. The first-order valence-electron chi connectivity index (χ1n) is 6.67. The van der Waals surface area contributed by atoms with Gasteiger partial charge in [-0.05, 0) is 12.8 Å². The quantitative estimate of drug-likeness (QED) is 0.754. The lowest BCUT2D eigenvalue weighted by atomic mass is 10.1. The third-order valence-corrected chi connectivity index (χ3v) is 3.98. The first-order valence-corrected chi connectivity index (χ1v) is 7.55. The second-order valence-electron chi connectivity index (χ2n) is 4.77. The van der Waals surface area contributed by atoms with Gasteiger partial charge in [0, 0.05) is 24.8 Å². The van der Waals surface area contributed by atoms with Crippen LogP contribution in [0.25, 0.3) is 0 Å². The molecule has 1 saturated heterocycles. The molecular weight excluding hydrogens is 294 g/mol. The third kappa shape index (κ3) is 4.52. The molecular formula is C13H17N3O4S. The van der Waals surface area contributed by atoms with Crippen LogP contribution in [0.15, 0.2) is 5.38 Å². The Morgan fingerprint density at radius 2 is 2.38 bits per heavy atom. The minimum atomic E-state index is -0.329. The molecule has 0 aliphatic carbocycles. The monoisotopic (exact) mass is 311 g/mol. The Bertz CT molecular complexity index is 543. The van der Waals surface area contributed by atoms with Crippen LogP contribution in [-0.2, 0) is 25.5 Å². The maximum absolute atomic E-state index is 11.9. The van der Waals surface area contributed by atoms with Crippen LogP contribution < -0.4 is 10.6 Å². The number of esters is 1. The molecule has 1 atom stereocenters. The van der Waals surface area contributed by atoms with E-state index in [-0.39, 0.29) is 30.1 Å². The van der Waals surface area contributed by atoms with Gasteiger partial charge in [-0.15, -0.1) is 11.3 Å². The van der Waals surface area contributed by atoms with E-state index < -0.39 is 0 Å². The molecule has 1 aliphatic rings. The van der Waals surface area contributed by atoms with Gasteiger partial charge in [0.15, 0.2) is 5.13 Å². The first-order chi connectivity index (χ1) is 10.1. The molecule has 1 aromatic heterocycles. The fraction of sp³-hybridized carbons (Fsp3) is 0.538. The van der Waals surface area contributed by atoms with E-state index in [4.69, 9.17) is 0 Å². The number of rotatable bonds is 6. The van der Waals surface area contributed by atoms with E-state index in [1.54, 1.807) is 0 Å². The predicted octanol–water partition coefficient (Wildman–Crippen LogP) is 0.713. The zero-order chi connectivity index (χ0) is 15.2. The van der Waals surface area contributed by atoms with E-state index in [9.17, 15) is 14.4 Å². The summed E-state index contributed by atoms with van der Waals surface area (Å²) in [7, 11) is 1.36. The molecule has 2 rings (SSSR count). The third-order valence-electron chi connectivity index (χ3n) is 3.17. The van der Waals surface area contributed by atoms with E-state index in [0.717, 1.165) is 5.69 Å². The van der Waals surface area contributed by atoms with Crippen molar-refractivity contribution in [2.24, 2.45) is 5.92 Å². The summed E-state index contributed by atoms with van der Waals surface area (Å²) in [4.78, 5) is 38.3. The molecule has 21 heavy (non-hydrogen) atoms. The fourth-order valence-corrected chi connectivity index (χ4v) is 2.74. The molecule has 0 saturated carbocycles. The fourth-order valence-electron chi connectivity index (χ4n) is 1.99. The maximum Gasteiger partial charge on any atom is 0.305 e.